The molecule has 0 saturated carbocycles. The molecule has 2 N–H and O–H groups in total. The van der Waals surface area contributed by atoms with Gasteiger partial charge in [0.05, 0.1) is 12.1 Å². The lowest BCUT2D eigenvalue weighted by Gasteiger charge is -2.13. The van der Waals surface area contributed by atoms with E-state index in [4.69, 9.17) is 26.8 Å². The van der Waals surface area contributed by atoms with E-state index in [1.165, 1.54) is 6.07 Å². The summed E-state index contributed by atoms with van der Waals surface area (Å²) in [4.78, 5) is 11.4. The van der Waals surface area contributed by atoms with Crippen molar-refractivity contribution in [3.63, 3.8) is 0 Å². The Balaban J connectivity index is 2.29. The van der Waals surface area contributed by atoms with E-state index in [9.17, 15) is 9.18 Å². The Bertz CT molecular complexity index is 719. The summed E-state index contributed by atoms with van der Waals surface area (Å²) in [5.41, 5.74) is 6.53. The predicted molar refractivity (Wildman–Crippen MR) is 82.0 cm³/mol. The number of halogens is 2. The molecule has 0 atom stereocenters. The number of carbonyl (C=O) groups excluding carboxylic acids is 1. The van der Waals surface area contributed by atoms with E-state index in [2.05, 4.69) is 0 Å². The molecule has 4 nitrogen and oxygen atoms in total. The summed E-state index contributed by atoms with van der Waals surface area (Å²) >= 11 is 5.75. The van der Waals surface area contributed by atoms with Gasteiger partial charge in [-0.3, -0.25) is 4.79 Å². The highest BCUT2D eigenvalue weighted by Gasteiger charge is 2.14. The molecule has 0 radical (unpaired) electrons. The molecule has 2 aromatic carbocycles. The molecule has 0 aromatic heterocycles. The Morgan fingerprint density at radius 2 is 2.00 bits per heavy atom. The normalized spacial score (nSPS) is 10.4. The first-order chi connectivity index (χ1) is 10.4. The van der Waals surface area contributed by atoms with Crippen LogP contribution in [0.4, 0.5) is 4.39 Å². The standard InChI is InChI=1S/C16H15ClFNO3/c1-9-14(21-2)4-3-5-15(9)22-8-10-6-12(17)13(18)7-11(10)16(19)20/h3-7H,8H2,1-2H3,(H2,19,20). The summed E-state index contributed by atoms with van der Waals surface area (Å²) in [6.45, 7) is 1.88. The lowest BCUT2D eigenvalue weighted by atomic mass is 10.1. The third-order valence-corrected chi connectivity index (χ3v) is 3.54. The van der Waals surface area contributed by atoms with Crippen molar-refractivity contribution in [2.45, 2.75) is 13.5 Å². The van der Waals surface area contributed by atoms with Crippen LogP contribution in [0.25, 0.3) is 0 Å². The molecular formula is C16H15ClFNO3. The minimum absolute atomic E-state index is 0.0340. The molecule has 0 aliphatic carbocycles. The van der Waals surface area contributed by atoms with E-state index in [0.29, 0.717) is 17.1 Å². The van der Waals surface area contributed by atoms with Crippen molar-refractivity contribution in [2.24, 2.45) is 5.73 Å². The highest BCUT2D eigenvalue weighted by Crippen LogP contribution is 2.28. The van der Waals surface area contributed by atoms with Gasteiger partial charge in [0.25, 0.3) is 0 Å². The van der Waals surface area contributed by atoms with Gasteiger partial charge in [0, 0.05) is 16.7 Å². The van der Waals surface area contributed by atoms with Crippen molar-refractivity contribution < 1.29 is 18.7 Å². The number of nitrogens with two attached hydrogens (primary N) is 1. The zero-order valence-corrected chi connectivity index (χ0v) is 12.9. The van der Waals surface area contributed by atoms with Crippen LogP contribution in [0.3, 0.4) is 0 Å². The molecule has 2 rings (SSSR count). The number of benzene rings is 2. The molecule has 6 heteroatoms. The molecule has 0 bridgehead atoms. The minimum Gasteiger partial charge on any atom is -0.496 e. The fourth-order valence-corrected chi connectivity index (χ4v) is 2.25. The van der Waals surface area contributed by atoms with Crippen LogP contribution in [0.15, 0.2) is 30.3 Å². The number of rotatable bonds is 5. The van der Waals surface area contributed by atoms with Crippen molar-refractivity contribution in [2.75, 3.05) is 7.11 Å². The lowest BCUT2D eigenvalue weighted by molar-refractivity contribution is 0.0997. The van der Waals surface area contributed by atoms with Gasteiger partial charge in [-0.05, 0) is 31.2 Å². The maximum Gasteiger partial charge on any atom is 0.249 e. The van der Waals surface area contributed by atoms with Crippen molar-refractivity contribution >= 4 is 17.5 Å². The number of hydrogen-bond acceptors (Lipinski definition) is 3. The topological polar surface area (TPSA) is 61.6 Å². The molecule has 116 valence electrons. The van der Waals surface area contributed by atoms with Crippen LogP contribution in [-0.2, 0) is 6.61 Å². The van der Waals surface area contributed by atoms with Gasteiger partial charge in [-0.25, -0.2) is 4.39 Å². The van der Waals surface area contributed by atoms with Gasteiger partial charge >= 0.3 is 0 Å². The molecule has 2 aromatic rings. The SMILES string of the molecule is COc1cccc(OCc2cc(Cl)c(F)cc2C(N)=O)c1C. The van der Waals surface area contributed by atoms with Gasteiger partial charge in [-0.2, -0.15) is 0 Å². The van der Waals surface area contributed by atoms with Gasteiger partial charge < -0.3 is 15.2 Å². The summed E-state index contributed by atoms with van der Waals surface area (Å²) in [6.07, 6.45) is 0. The third-order valence-electron chi connectivity index (χ3n) is 3.25. The van der Waals surface area contributed by atoms with Crippen molar-refractivity contribution in [3.8, 4) is 11.5 Å². The van der Waals surface area contributed by atoms with Crippen LogP contribution in [0.1, 0.15) is 21.5 Å². The van der Waals surface area contributed by atoms with E-state index in [1.807, 2.05) is 13.0 Å². The molecule has 0 fully saturated rings. The summed E-state index contributed by atoms with van der Waals surface area (Å²) in [5, 5.41) is -0.0917. The Morgan fingerprint density at radius 3 is 2.64 bits per heavy atom. The molecule has 0 aliphatic rings. The van der Waals surface area contributed by atoms with Crippen molar-refractivity contribution in [1.29, 1.82) is 0 Å². The van der Waals surface area contributed by atoms with Gasteiger partial charge in [0.2, 0.25) is 5.91 Å². The van der Waals surface area contributed by atoms with Crippen LogP contribution >= 0.6 is 11.6 Å². The Hall–Kier alpha value is -2.27. The van der Waals surface area contributed by atoms with E-state index in [0.717, 1.165) is 11.6 Å². The van der Waals surface area contributed by atoms with E-state index >= 15 is 0 Å². The van der Waals surface area contributed by atoms with E-state index in [-0.39, 0.29) is 17.2 Å². The molecule has 0 saturated heterocycles. The van der Waals surface area contributed by atoms with Crippen molar-refractivity contribution in [1.82, 2.24) is 0 Å². The second kappa shape index (κ2) is 6.66. The maximum atomic E-state index is 13.4. The van der Waals surface area contributed by atoms with Crippen LogP contribution in [0.5, 0.6) is 11.5 Å². The first-order valence-corrected chi connectivity index (χ1v) is 6.86. The summed E-state index contributed by atoms with van der Waals surface area (Å²) in [5.74, 6) is -0.159. The van der Waals surface area contributed by atoms with Gasteiger partial charge in [-0.1, -0.05) is 17.7 Å². The molecule has 22 heavy (non-hydrogen) atoms. The number of methoxy groups -OCH3 is 1. The molecule has 0 heterocycles. The smallest absolute Gasteiger partial charge is 0.249 e. The van der Waals surface area contributed by atoms with Gasteiger partial charge in [0.1, 0.15) is 23.9 Å². The Kier molecular flexibility index (Phi) is 4.88. The number of amides is 1. The van der Waals surface area contributed by atoms with E-state index in [1.54, 1.807) is 19.2 Å². The average molecular weight is 324 g/mol. The highest BCUT2D eigenvalue weighted by molar-refractivity contribution is 6.30. The monoisotopic (exact) mass is 323 g/mol. The van der Waals surface area contributed by atoms with E-state index < -0.39 is 11.7 Å². The zero-order valence-electron chi connectivity index (χ0n) is 12.2. The average Bonchev–Trinajstić information content (AvgIpc) is 2.49. The summed E-state index contributed by atoms with van der Waals surface area (Å²) in [6, 6.07) is 7.72. The largest absolute Gasteiger partial charge is 0.496 e. The van der Waals surface area contributed by atoms with Gasteiger partial charge in [-0.15, -0.1) is 0 Å². The first-order valence-electron chi connectivity index (χ1n) is 6.48. The second-order valence-electron chi connectivity index (χ2n) is 4.66. The molecule has 0 aliphatic heterocycles. The molecular weight excluding hydrogens is 309 g/mol. The molecule has 0 unspecified atom stereocenters. The number of ether oxygens (including phenoxy) is 2. The number of carbonyl (C=O) groups is 1. The summed E-state index contributed by atoms with van der Waals surface area (Å²) < 4.78 is 24.3. The lowest BCUT2D eigenvalue weighted by Crippen LogP contribution is -2.15. The third kappa shape index (κ3) is 3.31. The molecule has 1 amide bonds. The van der Waals surface area contributed by atoms with Crippen LogP contribution in [-0.4, -0.2) is 13.0 Å². The molecule has 0 spiro atoms. The van der Waals surface area contributed by atoms with Crippen molar-refractivity contribution in [3.05, 3.63) is 57.9 Å². The number of primary amides is 1. The summed E-state index contributed by atoms with van der Waals surface area (Å²) in [7, 11) is 1.57. The quantitative estimate of drug-likeness (QED) is 0.916. The Labute approximate surface area is 132 Å². The van der Waals surface area contributed by atoms with Crippen LogP contribution in [0.2, 0.25) is 5.02 Å². The zero-order chi connectivity index (χ0) is 16.3. The minimum atomic E-state index is -0.739. The number of hydrogen-bond donors (Lipinski definition) is 1. The predicted octanol–water partition coefficient (Wildman–Crippen LogP) is 3.47. The highest BCUT2D eigenvalue weighted by atomic mass is 35.5. The maximum absolute atomic E-state index is 13.4. The second-order valence-corrected chi connectivity index (χ2v) is 5.07. The van der Waals surface area contributed by atoms with Gasteiger partial charge in [0.15, 0.2) is 0 Å². The Morgan fingerprint density at radius 1 is 1.32 bits per heavy atom. The fourth-order valence-electron chi connectivity index (χ4n) is 2.06. The fraction of sp³-hybridized carbons (Fsp3) is 0.188. The first kappa shape index (κ1) is 16.1. The van der Waals surface area contributed by atoms with Crippen LogP contribution in [0, 0.1) is 12.7 Å². The van der Waals surface area contributed by atoms with Crippen LogP contribution < -0.4 is 15.2 Å².